The van der Waals surface area contributed by atoms with E-state index < -0.39 is 9.84 Å². The topological polar surface area (TPSA) is 59.1 Å². The lowest BCUT2D eigenvalue weighted by Crippen LogP contribution is -2.30. The standard InChI is InChI=1S/C11H18N2O2S2/c1-12-7-9-8-13-11(16-9)6-10-4-2-3-5-17(10,14)15/h8,10,12H,2-7H2,1H3. The molecule has 0 saturated carbocycles. The van der Waals surface area contributed by atoms with Crippen molar-refractivity contribution in [2.24, 2.45) is 0 Å². The molecule has 1 aromatic rings. The zero-order valence-electron chi connectivity index (χ0n) is 9.98. The summed E-state index contributed by atoms with van der Waals surface area (Å²) in [5.74, 6) is 0.354. The summed E-state index contributed by atoms with van der Waals surface area (Å²) in [7, 11) is -0.980. The number of aromatic nitrogens is 1. The highest BCUT2D eigenvalue weighted by Crippen LogP contribution is 2.24. The van der Waals surface area contributed by atoms with Gasteiger partial charge < -0.3 is 5.32 Å². The molecule has 96 valence electrons. The van der Waals surface area contributed by atoms with E-state index in [1.165, 1.54) is 0 Å². The molecule has 1 saturated heterocycles. The molecule has 0 spiro atoms. The third-order valence-electron chi connectivity index (χ3n) is 3.07. The fraction of sp³-hybridized carbons (Fsp3) is 0.727. The third-order valence-corrected chi connectivity index (χ3v) is 6.36. The molecule has 2 heterocycles. The Balaban J connectivity index is 2.04. The van der Waals surface area contributed by atoms with Gasteiger partial charge in [0.2, 0.25) is 0 Å². The molecule has 1 fully saturated rings. The second-order valence-corrected chi connectivity index (χ2v) is 8.04. The number of hydrogen-bond acceptors (Lipinski definition) is 5. The van der Waals surface area contributed by atoms with E-state index in [-0.39, 0.29) is 5.25 Å². The second-order valence-electron chi connectivity index (χ2n) is 4.44. The minimum Gasteiger partial charge on any atom is -0.315 e. The van der Waals surface area contributed by atoms with Gasteiger partial charge in [-0.1, -0.05) is 6.42 Å². The van der Waals surface area contributed by atoms with Crippen LogP contribution in [0.2, 0.25) is 0 Å². The summed E-state index contributed by atoms with van der Waals surface area (Å²) >= 11 is 1.61. The molecular weight excluding hydrogens is 256 g/mol. The lowest BCUT2D eigenvalue weighted by Gasteiger charge is -2.21. The number of rotatable bonds is 4. The molecule has 2 rings (SSSR count). The lowest BCUT2D eigenvalue weighted by molar-refractivity contribution is 0.537. The van der Waals surface area contributed by atoms with Crippen molar-refractivity contribution in [3.05, 3.63) is 16.1 Å². The molecule has 1 aliphatic rings. The highest BCUT2D eigenvalue weighted by molar-refractivity contribution is 7.92. The van der Waals surface area contributed by atoms with Gasteiger partial charge in [-0.2, -0.15) is 0 Å². The Morgan fingerprint density at radius 2 is 2.35 bits per heavy atom. The van der Waals surface area contributed by atoms with Crippen molar-refractivity contribution in [1.29, 1.82) is 0 Å². The average molecular weight is 274 g/mol. The van der Waals surface area contributed by atoms with Crippen molar-refractivity contribution < 1.29 is 8.42 Å². The Hall–Kier alpha value is -0.460. The van der Waals surface area contributed by atoms with Gasteiger partial charge in [0, 0.05) is 24.0 Å². The summed E-state index contributed by atoms with van der Waals surface area (Å²) in [6, 6.07) is 0. The van der Waals surface area contributed by atoms with Crippen LogP contribution in [0.25, 0.3) is 0 Å². The SMILES string of the molecule is CNCc1cnc(CC2CCCCS2(=O)=O)s1. The van der Waals surface area contributed by atoms with Gasteiger partial charge >= 0.3 is 0 Å². The number of hydrogen-bond donors (Lipinski definition) is 1. The van der Waals surface area contributed by atoms with Gasteiger partial charge in [0.15, 0.2) is 9.84 Å². The molecule has 4 nitrogen and oxygen atoms in total. The summed E-state index contributed by atoms with van der Waals surface area (Å²) in [4.78, 5) is 5.47. The van der Waals surface area contributed by atoms with Crippen molar-refractivity contribution in [2.45, 2.75) is 37.5 Å². The van der Waals surface area contributed by atoms with Gasteiger partial charge in [-0.05, 0) is 19.9 Å². The number of thiazole rings is 1. The van der Waals surface area contributed by atoms with Gasteiger partial charge in [0.1, 0.15) is 0 Å². The van der Waals surface area contributed by atoms with Crippen molar-refractivity contribution in [2.75, 3.05) is 12.8 Å². The van der Waals surface area contributed by atoms with Crippen LogP contribution in [0.4, 0.5) is 0 Å². The van der Waals surface area contributed by atoms with Gasteiger partial charge in [-0.3, -0.25) is 0 Å². The maximum absolute atomic E-state index is 11.9. The first kappa shape index (κ1) is 13.0. The molecule has 1 atom stereocenters. The molecule has 17 heavy (non-hydrogen) atoms. The highest BCUT2D eigenvalue weighted by atomic mass is 32.2. The smallest absolute Gasteiger partial charge is 0.153 e. The predicted molar refractivity (Wildman–Crippen MR) is 70.0 cm³/mol. The van der Waals surface area contributed by atoms with Crippen LogP contribution in [0.15, 0.2) is 6.20 Å². The molecule has 6 heteroatoms. The lowest BCUT2D eigenvalue weighted by atomic mass is 10.1. The zero-order chi connectivity index (χ0) is 12.3. The van der Waals surface area contributed by atoms with Crippen LogP contribution in [0.3, 0.4) is 0 Å². The summed E-state index contributed by atoms with van der Waals surface area (Å²) in [6.07, 6.45) is 5.08. The van der Waals surface area contributed by atoms with E-state index in [9.17, 15) is 8.42 Å². The minimum atomic E-state index is -2.87. The first-order valence-corrected chi connectivity index (χ1v) is 8.45. The van der Waals surface area contributed by atoms with Crippen molar-refractivity contribution in [3.63, 3.8) is 0 Å². The molecule has 0 aromatic carbocycles. The summed E-state index contributed by atoms with van der Waals surface area (Å²) in [5.41, 5.74) is 0. The number of sulfone groups is 1. The largest absolute Gasteiger partial charge is 0.315 e. The maximum Gasteiger partial charge on any atom is 0.153 e. The van der Waals surface area contributed by atoms with E-state index in [1.54, 1.807) is 11.3 Å². The van der Waals surface area contributed by atoms with Crippen LogP contribution in [0.1, 0.15) is 29.1 Å². The van der Waals surface area contributed by atoms with E-state index in [4.69, 9.17) is 0 Å². The first-order valence-electron chi connectivity index (χ1n) is 5.91. The molecule has 1 aliphatic heterocycles. The Labute approximate surface area is 106 Å². The van der Waals surface area contributed by atoms with Crippen molar-refractivity contribution in [1.82, 2.24) is 10.3 Å². The van der Waals surface area contributed by atoms with Crippen LogP contribution < -0.4 is 5.32 Å². The fourth-order valence-corrected chi connectivity index (χ4v) is 5.14. The number of nitrogens with one attached hydrogen (secondary N) is 1. The normalized spacial score (nSPS) is 23.7. The summed E-state index contributed by atoms with van der Waals surface area (Å²) in [6.45, 7) is 0.801. The minimum absolute atomic E-state index is 0.204. The van der Waals surface area contributed by atoms with E-state index in [1.807, 2.05) is 13.2 Å². The molecule has 0 amide bonds. The van der Waals surface area contributed by atoms with E-state index in [0.29, 0.717) is 12.2 Å². The molecular formula is C11H18N2O2S2. The Bertz CT molecular complexity index is 468. The number of nitrogens with zero attached hydrogens (tertiary/aromatic N) is 1. The monoisotopic (exact) mass is 274 g/mol. The highest BCUT2D eigenvalue weighted by Gasteiger charge is 2.29. The molecule has 1 aromatic heterocycles. The van der Waals surface area contributed by atoms with Gasteiger partial charge in [0.25, 0.3) is 0 Å². The van der Waals surface area contributed by atoms with Gasteiger partial charge in [-0.25, -0.2) is 13.4 Å². The van der Waals surface area contributed by atoms with Crippen LogP contribution >= 0.6 is 11.3 Å². The van der Waals surface area contributed by atoms with Crippen LogP contribution in [-0.2, 0) is 22.8 Å². The Morgan fingerprint density at radius 3 is 3.06 bits per heavy atom. The molecule has 1 unspecified atom stereocenters. The van der Waals surface area contributed by atoms with Crippen molar-refractivity contribution >= 4 is 21.2 Å². The van der Waals surface area contributed by atoms with Crippen molar-refractivity contribution in [3.8, 4) is 0 Å². The van der Waals surface area contributed by atoms with E-state index in [2.05, 4.69) is 10.3 Å². The molecule has 0 bridgehead atoms. The van der Waals surface area contributed by atoms with Crippen LogP contribution in [0.5, 0.6) is 0 Å². The summed E-state index contributed by atoms with van der Waals surface area (Å²) < 4.78 is 23.8. The third kappa shape index (κ3) is 3.26. The molecule has 1 N–H and O–H groups in total. The maximum atomic E-state index is 11.9. The van der Waals surface area contributed by atoms with Crippen LogP contribution in [0, 0.1) is 0 Å². The first-order chi connectivity index (χ1) is 8.12. The average Bonchev–Trinajstić information content (AvgIpc) is 2.70. The van der Waals surface area contributed by atoms with Gasteiger partial charge in [-0.15, -0.1) is 11.3 Å². The van der Waals surface area contributed by atoms with Gasteiger partial charge in [0.05, 0.1) is 16.0 Å². The Kier molecular flexibility index (Phi) is 4.17. The van der Waals surface area contributed by atoms with E-state index >= 15 is 0 Å². The second kappa shape index (κ2) is 5.46. The zero-order valence-corrected chi connectivity index (χ0v) is 11.6. The molecule has 0 aliphatic carbocycles. The quantitative estimate of drug-likeness (QED) is 0.901. The summed E-state index contributed by atoms with van der Waals surface area (Å²) in [5, 5.41) is 3.82. The predicted octanol–water partition coefficient (Wildman–Crippen LogP) is 1.37. The Morgan fingerprint density at radius 1 is 1.53 bits per heavy atom. The van der Waals surface area contributed by atoms with Crippen LogP contribution in [-0.4, -0.2) is 31.5 Å². The molecule has 0 radical (unpaired) electrons. The fourth-order valence-electron chi connectivity index (χ4n) is 2.14. The van der Waals surface area contributed by atoms with E-state index in [0.717, 1.165) is 35.7 Å².